The number of thioether (sulfide) groups is 1. The second kappa shape index (κ2) is 8.59. The molecule has 150 valence electrons. The summed E-state index contributed by atoms with van der Waals surface area (Å²) in [7, 11) is 1.63. The van der Waals surface area contributed by atoms with Crippen LogP contribution in [0.25, 0.3) is 5.70 Å². The lowest BCUT2D eigenvalue weighted by atomic mass is 10.1. The summed E-state index contributed by atoms with van der Waals surface area (Å²) in [5.41, 5.74) is 1.39. The molecule has 29 heavy (non-hydrogen) atoms. The zero-order valence-corrected chi connectivity index (χ0v) is 18.6. The zero-order chi connectivity index (χ0) is 20.4. The van der Waals surface area contributed by atoms with Crippen LogP contribution in [-0.4, -0.2) is 28.9 Å². The molecular formula is C21H21BrN4O2S. The number of nitrogens with one attached hydrogen (secondary N) is 1. The first-order valence-electron chi connectivity index (χ1n) is 9.45. The van der Waals surface area contributed by atoms with Crippen LogP contribution in [0.3, 0.4) is 0 Å². The second-order valence-corrected chi connectivity index (χ2v) is 8.60. The number of ether oxygens (including phenoxy) is 1. The monoisotopic (exact) mass is 472 g/mol. The van der Waals surface area contributed by atoms with Crippen molar-refractivity contribution in [2.75, 3.05) is 12.9 Å². The zero-order valence-electron chi connectivity index (χ0n) is 16.2. The van der Waals surface area contributed by atoms with Gasteiger partial charge >= 0.3 is 0 Å². The van der Waals surface area contributed by atoms with Gasteiger partial charge in [0.2, 0.25) is 0 Å². The number of hydrogen-bond acceptors (Lipinski definition) is 6. The number of hydrazone groups is 1. The number of fused-ring (bicyclic) bond motifs is 2. The van der Waals surface area contributed by atoms with Crippen molar-refractivity contribution in [3.63, 3.8) is 0 Å². The lowest BCUT2D eigenvalue weighted by molar-refractivity contribution is -0.116. The molecule has 4 rings (SSSR count). The van der Waals surface area contributed by atoms with E-state index >= 15 is 0 Å². The highest BCUT2D eigenvalue weighted by Gasteiger charge is 2.35. The SMILES string of the molecule is CCCCSC1=NN2C(=c3ccccc3=N[C@@H]2c2cc(OC)ccc2Br)C(=O)N1. The van der Waals surface area contributed by atoms with Gasteiger partial charge < -0.3 is 4.74 Å². The van der Waals surface area contributed by atoms with Crippen LogP contribution < -0.4 is 20.6 Å². The molecule has 0 fully saturated rings. The maximum absolute atomic E-state index is 13.1. The fourth-order valence-corrected chi connectivity index (χ4v) is 4.64. The Morgan fingerprint density at radius 1 is 1.28 bits per heavy atom. The fraction of sp³-hybridized carbons (Fsp3) is 0.286. The topological polar surface area (TPSA) is 66.3 Å². The van der Waals surface area contributed by atoms with Gasteiger partial charge in [-0.25, -0.2) is 5.01 Å². The normalized spacial score (nSPS) is 17.7. The number of rotatable bonds is 5. The van der Waals surface area contributed by atoms with E-state index in [0.29, 0.717) is 10.9 Å². The number of carbonyl (C=O) groups is 1. The van der Waals surface area contributed by atoms with Gasteiger partial charge in [-0.05, 0) is 30.7 Å². The van der Waals surface area contributed by atoms with E-state index in [2.05, 4.69) is 28.2 Å². The lowest BCUT2D eigenvalue weighted by Crippen LogP contribution is -2.50. The first-order chi connectivity index (χ1) is 14.1. The number of amidine groups is 1. The van der Waals surface area contributed by atoms with Crippen LogP contribution >= 0.6 is 27.7 Å². The molecule has 1 amide bonds. The first-order valence-corrected chi connectivity index (χ1v) is 11.2. The van der Waals surface area contributed by atoms with Crippen LogP contribution in [0.15, 0.2) is 57.0 Å². The molecule has 6 nitrogen and oxygen atoms in total. The van der Waals surface area contributed by atoms with E-state index in [9.17, 15) is 4.79 Å². The van der Waals surface area contributed by atoms with E-state index in [1.165, 1.54) is 0 Å². The average Bonchev–Trinajstić information content (AvgIpc) is 2.73. The van der Waals surface area contributed by atoms with Crippen LogP contribution in [0.2, 0.25) is 0 Å². The maximum atomic E-state index is 13.1. The minimum Gasteiger partial charge on any atom is -0.497 e. The predicted octanol–water partition coefficient (Wildman–Crippen LogP) is 3.13. The van der Waals surface area contributed by atoms with Crippen LogP contribution in [0.5, 0.6) is 5.75 Å². The van der Waals surface area contributed by atoms with E-state index in [1.807, 2.05) is 42.5 Å². The van der Waals surface area contributed by atoms with Gasteiger partial charge in [-0.1, -0.05) is 59.2 Å². The summed E-state index contributed by atoms with van der Waals surface area (Å²) in [5.74, 6) is 1.47. The first kappa shape index (κ1) is 20.0. The van der Waals surface area contributed by atoms with Crippen molar-refractivity contribution in [3.8, 4) is 5.75 Å². The number of methoxy groups -OCH3 is 1. The molecule has 2 heterocycles. The molecule has 0 aromatic heterocycles. The van der Waals surface area contributed by atoms with Crippen molar-refractivity contribution in [3.05, 3.63) is 63.1 Å². The molecule has 0 radical (unpaired) electrons. The number of amides is 1. The number of unbranched alkanes of at least 4 members (excludes halogenated alkanes) is 1. The van der Waals surface area contributed by atoms with Gasteiger partial charge in [0.1, 0.15) is 11.4 Å². The van der Waals surface area contributed by atoms with Crippen molar-refractivity contribution in [2.45, 2.75) is 25.9 Å². The molecular weight excluding hydrogens is 452 g/mol. The number of halogens is 1. The third-order valence-electron chi connectivity index (χ3n) is 4.73. The van der Waals surface area contributed by atoms with Gasteiger partial charge in [-0.15, -0.1) is 5.10 Å². The number of benzene rings is 2. The van der Waals surface area contributed by atoms with Crippen molar-refractivity contribution in [1.29, 1.82) is 0 Å². The summed E-state index contributed by atoms with van der Waals surface area (Å²) in [6, 6.07) is 13.4. The Bertz CT molecular complexity index is 1100. The molecule has 2 aliphatic heterocycles. The summed E-state index contributed by atoms with van der Waals surface area (Å²) in [6.07, 6.45) is 1.68. The molecule has 0 saturated heterocycles. The number of hydrogen-bond donors (Lipinski definition) is 1. The smallest absolute Gasteiger partial charge is 0.276 e. The molecule has 8 heteroatoms. The van der Waals surface area contributed by atoms with E-state index < -0.39 is 6.17 Å². The highest BCUT2D eigenvalue weighted by molar-refractivity contribution is 9.10. The highest BCUT2D eigenvalue weighted by atomic mass is 79.9. The Hall–Kier alpha value is -2.32. The summed E-state index contributed by atoms with van der Waals surface area (Å²) < 4.78 is 6.29. The van der Waals surface area contributed by atoms with E-state index in [0.717, 1.165) is 45.0 Å². The maximum Gasteiger partial charge on any atom is 0.276 e. The molecule has 0 unspecified atom stereocenters. The number of carbonyl (C=O) groups excluding carboxylic acids is 1. The molecule has 2 aliphatic rings. The van der Waals surface area contributed by atoms with Gasteiger partial charge in [-0.2, -0.15) is 0 Å². The Morgan fingerprint density at radius 3 is 2.90 bits per heavy atom. The van der Waals surface area contributed by atoms with Gasteiger partial charge in [-0.3, -0.25) is 15.1 Å². The molecule has 0 bridgehead atoms. The van der Waals surface area contributed by atoms with E-state index in [1.54, 1.807) is 23.9 Å². The summed E-state index contributed by atoms with van der Waals surface area (Å²) >= 11 is 5.18. The molecule has 0 spiro atoms. The summed E-state index contributed by atoms with van der Waals surface area (Å²) in [5, 5.41) is 11.6. The number of nitrogens with zero attached hydrogens (tertiary/aromatic N) is 3. The lowest BCUT2D eigenvalue weighted by Gasteiger charge is -2.34. The summed E-state index contributed by atoms with van der Waals surface area (Å²) in [4.78, 5) is 18.0. The molecule has 0 aliphatic carbocycles. The summed E-state index contributed by atoms with van der Waals surface area (Å²) in [6.45, 7) is 2.14. The standard InChI is InChI=1S/C21H21BrN4O2S/c1-3-4-11-29-21-24-20(27)18-14-7-5-6-8-17(14)23-19(26(18)25-21)15-12-13(28-2)9-10-16(15)22/h5-10,12,19H,3-4,11H2,1-2H3,(H,24,25,27)/t19-/m0/s1. The Kier molecular flexibility index (Phi) is 5.91. The van der Waals surface area contributed by atoms with Crippen LogP contribution in [-0.2, 0) is 4.79 Å². The molecule has 2 aromatic carbocycles. The molecule has 1 atom stereocenters. The van der Waals surface area contributed by atoms with Crippen LogP contribution in [0.4, 0.5) is 0 Å². The van der Waals surface area contributed by atoms with Crippen LogP contribution in [0.1, 0.15) is 31.5 Å². The second-order valence-electron chi connectivity index (χ2n) is 6.66. The fourth-order valence-electron chi connectivity index (χ4n) is 3.25. The van der Waals surface area contributed by atoms with Crippen molar-refractivity contribution in [1.82, 2.24) is 10.3 Å². The largest absolute Gasteiger partial charge is 0.497 e. The van der Waals surface area contributed by atoms with Crippen molar-refractivity contribution < 1.29 is 9.53 Å². The van der Waals surface area contributed by atoms with Gasteiger partial charge in [0.15, 0.2) is 11.3 Å². The molecule has 0 saturated carbocycles. The quantitative estimate of drug-likeness (QED) is 0.678. The Morgan fingerprint density at radius 2 is 2.10 bits per heavy atom. The van der Waals surface area contributed by atoms with Crippen molar-refractivity contribution >= 4 is 44.5 Å². The number of para-hydroxylation sites is 1. The average molecular weight is 473 g/mol. The highest BCUT2D eigenvalue weighted by Crippen LogP contribution is 2.36. The minimum absolute atomic E-state index is 0.162. The van der Waals surface area contributed by atoms with E-state index in [4.69, 9.17) is 14.8 Å². The minimum atomic E-state index is -0.475. The third-order valence-corrected chi connectivity index (χ3v) is 6.41. The van der Waals surface area contributed by atoms with Gasteiger partial charge in [0.05, 0.1) is 12.5 Å². The molecule has 1 N–H and O–H groups in total. The third kappa shape index (κ3) is 3.91. The van der Waals surface area contributed by atoms with Crippen LogP contribution in [0, 0.1) is 0 Å². The predicted molar refractivity (Wildman–Crippen MR) is 119 cm³/mol. The Labute approximate surface area is 181 Å². The van der Waals surface area contributed by atoms with Crippen molar-refractivity contribution in [2.24, 2.45) is 10.1 Å². The van der Waals surface area contributed by atoms with E-state index in [-0.39, 0.29) is 5.91 Å². The molecule has 2 aromatic rings. The van der Waals surface area contributed by atoms with Gasteiger partial charge in [0, 0.05) is 21.0 Å². The Balaban J connectivity index is 1.87. The van der Waals surface area contributed by atoms with Gasteiger partial charge in [0.25, 0.3) is 5.91 Å².